The number of nitrogens with zero attached hydrogens (tertiary/aromatic N) is 2. The number of aliphatic hydroxyl groups is 1. The Labute approximate surface area is 95.9 Å². The van der Waals surface area contributed by atoms with Gasteiger partial charge in [-0.3, -0.25) is 4.98 Å². The monoisotopic (exact) mass is 225 g/mol. The van der Waals surface area contributed by atoms with Crippen LogP contribution in [0.25, 0.3) is 0 Å². The molecule has 0 fully saturated rings. The van der Waals surface area contributed by atoms with Crippen LogP contribution in [0.4, 0.5) is 5.82 Å². The molecular weight excluding hydrogens is 206 g/mol. The van der Waals surface area contributed by atoms with E-state index in [1.54, 1.807) is 12.4 Å². The first-order valence-electron chi connectivity index (χ1n) is 5.44. The molecule has 1 aromatic heterocycles. The van der Waals surface area contributed by atoms with E-state index in [2.05, 4.69) is 29.1 Å². The summed E-state index contributed by atoms with van der Waals surface area (Å²) in [7, 11) is 0. The van der Waals surface area contributed by atoms with Crippen LogP contribution in [0.1, 0.15) is 20.8 Å². The second-order valence-electron chi connectivity index (χ2n) is 4.18. The number of nitrogens with one attached hydrogen (secondary N) is 1. The van der Waals surface area contributed by atoms with E-state index >= 15 is 0 Å². The van der Waals surface area contributed by atoms with E-state index in [-0.39, 0.29) is 12.6 Å². The van der Waals surface area contributed by atoms with Crippen molar-refractivity contribution in [3.8, 4) is 5.88 Å². The lowest BCUT2D eigenvalue weighted by Gasteiger charge is -2.12. The van der Waals surface area contributed by atoms with Crippen LogP contribution in [0.2, 0.25) is 0 Å². The van der Waals surface area contributed by atoms with Crippen LogP contribution in [-0.4, -0.2) is 34.3 Å². The third-order valence-electron chi connectivity index (χ3n) is 1.85. The number of hydrogen-bond donors (Lipinski definition) is 2. The highest BCUT2D eigenvalue weighted by molar-refractivity contribution is 5.34. The molecule has 16 heavy (non-hydrogen) atoms. The van der Waals surface area contributed by atoms with Crippen molar-refractivity contribution in [2.24, 2.45) is 5.92 Å². The van der Waals surface area contributed by atoms with Gasteiger partial charge in [0.05, 0.1) is 25.6 Å². The maximum absolute atomic E-state index is 8.90. The first-order valence-corrected chi connectivity index (χ1v) is 5.44. The molecule has 0 saturated heterocycles. The summed E-state index contributed by atoms with van der Waals surface area (Å²) < 4.78 is 5.45. The Balaban J connectivity index is 2.56. The van der Waals surface area contributed by atoms with Crippen molar-refractivity contribution in [2.45, 2.75) is 26.8 Å². The predicted molar refractivity (Wildman–Crippen MR) is 62.5 cm³/mol. The van der Waals surface area contributed by atoms with Crippen LogP contribution in [0, 0.1) is 5.92 Å². The second kappa shape index (κ2) is 6.27. The van der Waals surface area contributed by atoms with Crippen molar-refractivity contribution in [2.75, 3.05) is 18.5 Å². The van der Waals surface area contributed by atoms with Crippen molar-refractivity contribution in [1.82, 2.24) is 9.97 Å². The fraction of sp³-hybridized carbons (Fsp3) is 0.636. The maximum atomic E-state index is 8.90. The van der Waals surface area contributed by atoms with Gasteiger partial charge in [-0.25, -0.2) is 0 Å². The molecule has 90 valence electrons. The Kier molecular flexibility index (Phi) is 4.98. The molecule has 0 radical (unpaired) electrons. The van der Waals surface area contributed by atoms with Gasteiger partial charge in [0, 0.05) is 6.04 Å². The lowest BCUT2D eigenvalue weighted by atomic mass is 10.2. The molecule has 1 atom stereocenters. The van der Waals surface area contributed by atoms with Crippen molar-refractivity contribution < 1.29 is 9.84 Å². The molecule has 0 amide bonds. The third kappa shape index (κ3) is 4.44. The van der Waals surface area contributed by atoms with Crippen molar-refractivity contribution in [3.05, 3.63) is 12.4 Å². The molecule has 1 heterocycles. The van der Waals surface area contributed by atoms with Crippen molar-refractivity contribution in [3.63, 3.8) is 0 Å². The third-order valence-corrected chi connectivity index (χ3v) is 1.85. The van der Waals surface area contributed by atoms with Crippen LogP contribution in [0.3, 0.4) is 0 Å². The highest BCUT2D eigenvalue weighted by atomic mass is 16.5. The van der Waals surface area contributed by atoms with E-state index < -0.39 is 0 Å². The Morgan fingerprint density at radius 3 is 2.75 bits per heavy atom. The molecule has 0 bridgehead atoms. The summed E-state index contributed by atoms with van der Waals surface area (Å²) in [4.78, 5) is 8.24. The zero-order valence-corrected chi connectivity index (χ0v) is 9.97. The Morgan fingerprint density at radius 1 is 1.38 bits per heavy atom. The summed E-state index contributed by atoms with van der Waals surface area (Å²) >= 11 is 0. The summed E-state index contributed by atoms with van der Waals surface area (Å²) in [5.41, 5.74) is 0. The number of ether oxygens (including phenoxy) is 1. The van der Waals surface area contributed by atoms with Crippen LogP contribution >= 0.6 is 0 Å². The Bertz CT molecular complexity index is 318. The van der Waals surface area contributed by atoms with Gasteiger partial charge in [-0.15, -0.1) is 0 Å². The molecule has 0 aliphatic rings. The first kappa shape index (κ1) is 12.7. The summed E-state index contributed by atoms with van der Waals surface area (Å²) in [5, 5.41) is 11.9. The van der Waals surface area contributed by atoms with Gasteiger partial charge in [-0.1, -0.05) is 13.8 Å². The van der Waals surface area contributed by atoms with Gasteiger partial charge in [-0.2, -0.15) is 4.98 Å². The topological polar surface area (TPSA) is 67.3 Å². The minimum Gasteiger partial charge on any atom is -0.476 e. The summed E-state index contributed by atoms with van der Waals surface area (Å²) in [6.45, 7) is 6.68. The van der Waals surface area contributed by atoms with Gasteiger partial charge < -0.3 is 15.2 Å². The van der Waals surface area contributed by atoms with E-state index in [0.717, 1.165) is 0 Å². The van der Waals surface area contributed by atoms with Gasteiger partial charge >= 0.3 is 0 Å². The molecule has 0 saturated carbocycles. The van der Waals surface area contributed by atoms with E-state index in [9.17, 15) is 0 Å². The average molecular weight is 225 g/mol. The van der Waals surface area contributed by atoms with Crippen LogP contribution in [0.15, 0.2) is 12.4 Å². The number of rotatable bonds is 6. The first-order chi connectivity index (χ1) is 7.61. The van der Waals surface area contributed by atoms with Gasteiger partial charge in [0.15, 0.2) is 0 Å². The molecule has 0 aliphatic carbocycles. The van der Waals surface area contributed by atoms with Gasteiger partial charge in [0.25, 0.3) is 0 Å². The minimum atomic E-state index is -0.0466. The van der Waals surface area contributed by atoms with Gasteiger partial charge in [0.2, 0.25) is 5.88 Å². The SMILES string of the molecule is CC(C)COc1cncc(NC(C)CO)n1. The normalized spacial score (nSPS) is 12.6. The quantitative estimate of drug-likeness (QED) is 0.764. The van der Waals surface area contributed by atoms with E-state index in [4.69, 9.17) is 9.84 Å². The summed E-state index contributed by atoms with van der Waals surface area (Å²) in [5.74, 6) is 1.57. The van der Waals surface area contributed by atoms with Crippen LogP contribution in [-0.2, 0) is 0 Å². The van der Waals surface area contributed by atoms with Crippen molar-refractivity contribution in [1.29, 1.82) is 0 Å². The molecule has 1 rings (SSSR count). The number of hydrogen-bond acceptors (Lipinski definition) is 5. The molecule has 0 spiro atoms. The van der Waals surface area contributed by atoms with E-state index in [0.29, 0.717) is 24.2 Å². The fourth-order valence-electron chi connectivity index (χ4n) is 1.04. The zero-order chi connectivity index (χ0) is 12.0. The molecular formula is C11H19N3O2. The second-order valence-corrected chi connectivity index (χ2v) is 4.18. The minimum absolute atomic E-state index is 0.0466. The lowest BCUT2D eigenvalue weighted by Crippen LogP contribution is -2.20. The predicted octanol–water partition coefficient (Wildman–Crippen LogP) is 1.30. The van der Waals surface area contributed by atoms with Gasteiger partial charge in [0.1, 0.15) is 5.82 Å². The Hall–Kier alpha value is -1.36. The average Bonchev–Trinajstić information content (AvgIpc) is 2.26. The van der Waals surface area contributed by atoms with Crippen LogP contribution < -0.4 is 10.1 Å². The maximum Gasteiger partial charge on any atom is 0.234 e. The smallest absolute Gasteiger partial charge is 0.234 e. The zero-order valence-electron chi connectivity index (χ0n) is 9.97. The summed E-state index contributed by atoms with van der Waals surface area (Å²) in [6.07, 6.45) is 3.19. The van der Waals surface area contributed by atoms with Gasteiger partial charge in [-0.05, 0) is 12.8 Å². The standard InChI is InChI=1S/C11H19N3O2/c1-8(2)7-16-11-5-12-4-10(14-11)13-9(3)6-15/h4-5,8-9,15H,6-7H2,1-3H3,(H,13,14). The molecule has 0 aliphatic heterocycles. The molecule has 1 unspecified atom stereocenters. The number of aliphatic hydroxyl groups excluding tert-OH is 1. The highest BCUT2D eigenvalue weighted by Crippen LogP contribution is 2.10. The van der Waals surface area contributed by atoms with Crippen LogP contribution in [0.5, 0.6) is 5.88 Å². The number of aromatic nitrogens is 2. The fourth-order valence-corrected chi connectivity index (χ4v) is 1.04. The van der Waals surface area contributed by atoms with E-state index in [1.807, 2.05) is 6.92 Å². The molecule has 1 aromatic rings. The highest BCUT2D eigenvalue weighted by Gasteiger charge is 2.04. The Morgan fingerprint density at radius 2 is 2.12 bits per heavy atom. The number of anilines is 1. The molecule has 0 aromatic carbocycles. The molecule has 5 heteroatoms. The molecule has 5 nitrogen and oxygen atoms in total. The largest absolute Gasteiger partial charge is 0.476 e. The van der Waals surface area contributed by atoms with E-state index in [1.165, 1.54) is 0 Å². The molecule has 2 N–H and O–H groups in total. The lowest BCUT2D eigenvalue weighted by molar-refractivity contribution is 0.260. The van der Waals surface area contributed by atoms with Crippen molar-refractivity contribution >= 4 is 5.82 Å². The summed E-state index contributed by atoms with van der Waals surface area (Å²) in [6, 6.07) is -0.0466.